The van der Waals surface area contributed by atoms with Crippen molar-refractivity contribution in [3.8, 4) is 0 Å². The minimum Gasteiger partial charge on any atom is -0.386 e. The van der Waals surface area contributed by atoms with E-state index in [4.69, 9.17) is 0 Å². The fourth-order valence-corrected chi connectivity index (χ4v) is 3.05. The minimum absolute atomic E-state index is 0.0181. The van der Waals surface area contributed by atoms with Crippen molar-refractivity contribution < 1.29 is 18.7 Å². The number of benzene rings is 1. The summed E-state index contributed by atoms with van der Waals surface area (Å²) in [6.07, 6.45) is -0.968. The molecule has 2 heterocycles. The minimum atomic E-state index is -0.950. The fourth-order valence-electron chi connectivity index (χ4n) is 3.05. The summed E-state index contributed by atoms with van der Waals surface area (Å²) in [6, 6.07) is 5.30. The van der Waals surface area contributed by atoms with Crippen LogP contribution < -0.4 is 0 Å². The van der Waals surface area contributed by atoms with Crippen LogP contribution in [0.1, 0.15) is 29.5 Å². The Morgan fingerprint density at radius 1 is 1.23 bits per heavy atom. The van der Waals surface area contributed by atoms with Gasteiger partial charge in [0.05, 0.1) is 24.4 Å². The van der Waals surface area contributed by atoms with Crippen molar-refractivity contribution in [1.29, 1.82) is 0 Å². The number of aromatic nitrogens is 2. The summed E-state index contributed by atoms with van der Waals surface area (Å²) in [5.74, 6) is -1.34. The van der Waals surface area contributed by atoms with Crippen LogP contribution >= 0.6 is 0 Å². The highest BCUT2D eigenvalue weighted by Crippen LogP contribution is 2.22. The van der Waals surface area contributed by atoms with Crippen molar-refractivity contribution in [2.75, 3.05) is 20.6 Å². The quantitative estimate of drug-likeness (QED) is 0.877. The van der Waals surface area contributed by atoms with Crippen LogP contribution in [0.4, 0.5) is 8.78 Å². The molecule has 1 N–H and O–H groups in total. The molecular weight excluding hydrogens is 342 g/mol. The largest absolute Gasteiger partial charge is 0.386 e. The topological polar surface area (TPSA) is 61.6 Å². The molecule has 3 rings (SSSR count). The molecule has 1 unspecified atom stereocenters. The van der Waals surface area contributed by atoms with E-state index in [-0.39, 0.29) is 12.3 Å². The summed E-state index contributed by atoms with van der Waals surface area (Å²) in [4.78, 5) is 15.2. The Morgan fingerprint density at radius 3 is 2.58 bits per heavy atom. The van der Waals surface area contributed by atoms with E-state index < -0.39 is 17.7 Å². The summed E-state index contributed by atoms with van der Waals surface area (Å²) in [6.45, 7) is 2.27. The second-order valence-corrected chi connectivity index (χ2v) is 6.78. The van der Waals surface area contributed by atoms with Crippen LogP contribution in [-0.2, 0) is 24.4 Å². The van der Waals surface area contributed by atoms with E-state index in [1.165, 1.54) is 17.0 Å². The zero-order valence-corrected chi connectivity index (χ0v) is 14.8. The summed E-state index contributed by atoms with van der Waals surface area (Å²) in [5, 5.41) is 14.6. The Morgan fingerprint density at radius 2 is 1.92 bits per heavy atom. The zero-order chi connectivity index (χ0) is 18.8. The molecule has 140 valence electrons. The van der Waals surface area contributed by atoms with Crippen molar-refractivity contribution in [2.24, 2.45) is 0 Å². The first kappa shape index (κ1) is 18.5. The number of hydrogen-bond acceptors (Lipinski definition) is 4. The lowest BCUT2D eigenvalue weighted by Gasteiger charge is -2.27. The number of hydrogen-bond donors (Lipinski definition) is 1. The standard InChI is InChI=1S/C18H22F2N4O2/c1-22(2)18(26)9-17(25)16-8-15-11-23(3-4-24(15)21-16)10-12-5-13(19)7-14(20)6-12/h5-8,17,25H,3-4,9-11H2,1-2H3. The lowest BCUT2D eigenvalue weighted by atomic mass is 10.1. The smallest absolute Gasteiger partial charge is 0.225 e. The fraction of sp³-hybridized carbons (Fsp3) is 0.444. The van der Waals surface area contributed by atoms with E-state index in [0.29, 0.717) is 37.4 Å². The Kier molecular flexibility index (Phi) is 5.33. The molecule has 0 spiro atoms. The van der Waals surface area contributed by atoms with Gasteiger partial charge >= 0.3 is 0 Å². The highest BCUT2D eigenvalue weighted by atomic mass is 19.1. The van der Waals surface area contributed by atoms with Crippen LogP contribution in [0.15, 0.2) is 24.3 Å². The Bertz CT molecular complexity index is 786. The average Bonchev–Trinajstić information content (AvgIpc) is 2.97. The number of nitrogens with zero attached hydrogens (tertiary/aromatic N) is 4. The van der Waals surface area contributed by atoms with Gasteiger partial charge in [-0.1, -0.05) is 0 Å². The van der Waals surface area contributed by atoms with Gasteiger partial charge in [-0.05, 0) is 23.8 Å². The number of aliphatic hydroxyl groups is 1. The third kappa shape index (κ3) is 4.25. The van der Waals surface area contributed by atoms with Gasteiger partial charge in [0.15, 0.2) is 0 Å². The Balaban J connectivity index is 1.67. The van der Waals surface area contributed by atoms with Gasteiger partial charge in [-0.2, -0.15) is 5.10 Å². The van der Waals surface area contributed by atoms with Crippen LogP contribution in [0.25, 0.3) is 0 Å². The van der Waals surface area contributed by atoms with Crippen molar-refractivity contribution in [3.63, 3.8) is 0 Å². The molecule has 0 aliphatic carbocycles. The number of carbonyl (C=O) groups excluding carboxylic acids is 1. The Labute approximate surface area is 150 Å². The molecule has 2 aromatic rings. The van der Waals surface area contributed by atoms with Gasteiger partial charge in [0.1, 0.15) is 17.7 Å². The van der Waals surface area contributed by atoms with Crippen LogP contribution in [-0.4, -0.2) is 51.2 Å². The molecule has 1 aliphatic rings. The second-order valence-electron chi connectivity index (χ2n) is 6.78. The predicted octanol–water partition coefficient (Wildman–Crippen LogP) is 1.69. The van der Waals surface area contributed by atoms with Gasteiger partial charge < -0.3 is 10.0 Å². The normalized spacial score (nSPS) is 15.6. The molecule has 0 bridgehead atoms. The molecule has 1 atom stereocenters. The van der Waals surface area contributed by atoms with Gasteiger partial charge in [-0.25, -0.2) is 8.78 Å². The number of halogens is 2. The van der Waals surface area contributed by atoms with Gasteiger partial charge in [0.2, 0.25) is 5.91 Å². The maximum Gasteiger partial charge on any atom is 0.225 e. The molecule has 0 saturated carbocycles. The zero-order valence-electron chi connectivity index (χ0n) is 14.8. The molecule has 1 aliphatic heterocycles. The molecular formula is C18H22F2N4O2. The van der Waals surface area contributed by atoms with Crippen molar-refractivity contribution >= 4 is 5.91 Å². The lowest BCUT2D eigenvalue weighted by molar-refractivity contribution is -0.130. The van der Waals surface area contributed by atoms with E-state index in [1.807, 2.05) is 0 Å². The number of carbonyl (C=O) groups is 1. The molecule has 1 aromatic heterocycles. The van der Waals surface area contributed by atoms with Gasteiger partial charge in [-0.15, -0.1) is 0 Å². The first-order chi connectivity index (χ1) is 12.3. The van der Waals surface area contributed by atoms with Crippen LogP contribution in [0.2, 0.25) is 0 Å². The van der Waals surface area contributed by atoms with Crippen LogP contribution in [0, 0.1) is 11.6 Å². The summed E-state index contributed by atoms with van der Waals surface area (Å²) in [5.41, 5.74) is 1.95. The van der Waals surface area contributed by atoms with Crippen molar-refractivity contribution in [1.82, 2.24) is 19.6 Å². The number of fused-ring (bicyclic) bond motifs is 1. The summed E-state index contributed by atoms with van der Waals surface area (Å²) in [7, 11) is 3.28. The third-order valence-electron chi connectivity index (χ3n) is 4.43. The van der Waals surface area contributed by atoms with E-state index in [0.717, 1.165) is 11.8 Å². The number of amides is 1. The molecule has 1 amide bonds. The van der Waals surface area contributed by atoms with Gasteiger partial charge in [0, 0.05) is 39.8 Å². The molecule has 1 aromatic carbocycles. The first-order valence-electron chi connectivity index (χ1n) is 8.44. The molecule has 8 heteroatoms. The highest BCUT2D eigenvalue weighted by molar-refractivity contribution is 5.76. The Hall–Kier alpha value is -2.32. The van der Waals surface area contributed by atoms with E-state index in [2.05, 4.69) is 10.00 Å². The lowest BCUT2D eigenvalue weighted by Crippen LogP contribution is -2.33. The average molecular weight is 364 g/mol. The van der Waals surface area contributed by atoms with Crippen LogP contribution in [0.5, 0.6) is 0 Å². The van der Waals surface area contributed by atoms with E-state index in [9.17, 15) is 18.7 Å². The third-order valence-corrected chi connectivity index (χ3v) is 4.43. The maximum absolute atomic E-state index is 13.3. The summed E-state index contributed by atoms with van der Waals surface area (Å²) >= 11 is 0. The van der Waals surface area contributed by atoms with Gasteiger partial charge in [-0.3, -0.25) is 14.4 Å². The predicted molar refractivity (Wildman–Crippen MR) is 91.0 cm³/mol. The molecule has 0 radical (unpaired) electrons. The number of aliphatic hydroxyl groups excluding tert-OH is 1. The molecule has 26 heavy (non-hydrogen) atoms. The van der Waals surface area contributed by atoms with Crippen molar-refractivity contribution in [3.05, 3.63) is 52.9 Å². The second kappa shape index (κ2) is 7.51. The molecule has 6 nitrogen and oxygen atoms in total. The monoisotopic (exact) mass is 364 g/mol. The summed E-state index contributed by atoms with van der Waals surface area (Å²) < 4.78 is 28.5. The number of rotatable bonds is 5. The van der Waals surface area contributed by atoms with E-state index >= 15 is 0 Å². The SMILES string of the molecule is CN(C)C(=O)CC(O)c1cc2n(n1)CCN(Cc1cc(F)cc(F)c1)C2. The first-order valence-corrected chi connectivity index (χ1v) is 8.44. The molecule has 0 saturated heterocycles. The highest BCUT2D eigenvalue weighted by Gasteiger charge is 2.23. The maximum atomic E-state index is 13.3. The van der Waals surface area contributed by atoms with Crippen LogP contribution in [0.3, 0.4) is 0 Å². The van der Waals surface area contributed by atoms with Crippen molar-refractivity contribution in [2.45, 2.75) is 32.2 Å². The van der Waals surface area contributed by atoms with Gasteiger partial charge in [0.25, 0.3) is 0 Å². The molecule has 0 fully saturated rings. The van der Waals surface area contributed by atoms with E-state index in [1.54, 1.807) is 24.8 Å².